The van der Waals surface area contributed by atoms with Crippen molar-refractivity contribution in [3.8, 4) is 0 Å². The Morgan fingerprint density at radius 1 is 1.19 bits per heavy atom. The molecule has 0 radical (unpaired) electrons. The van der Waals surface area contributed by atoms with Gasteiger partial charge in [-0.05, 0) is 37.3 Å². The molecule has 1 aromatic heterocycles. The number of nitrogens with zero attached hydrogens (tertiary/aromatic N) is 3. The first-order valence-electron chi connectivity index (χ1n) is 10.2. The molecule has 0 bridgehead atoms. The minimum Gasteiger partial charge on any atom is -0.356 e. The number of hydrogen-bond donors (Lipinski definition) is 1. The minimum atomic E-state index is -0.270. The normalized spacial score (nSPS) is 27.7. The van der Waals surface area contributed by atoms with Crippen LogP contribution in [0.15, 0.2) is 24.5 Å². The van der Waals surface area contributed by atoms with Crippen molar-refractivity contribution in [3.05, 3.63) is 30.1 Å². The highest BCUT2D eigenvalue weighted by molar-refractivity contribution is 5.94. The van der Waals surface area contributed by atoms with E-state index in [1.54, 1.807) is 24.5 Å². The van der Waals surface area contributed by atoms with Gasteiger partial charge in [-0.3, -0.25) is 14.6 Å². The largest absolute Gasteiger partial charge is 0.356 e. The number of hydrogen-bond acceptors (Lipinski definition) is 4. The lowest BCUT2D eigenvalue weighted by atomic mass is 9.60. The fourth-order valence-electron chi connectivity index (χ4n) is 5.61. The average Bonchev–Trinajstić information content (AvgIpc) is 3.17. The lowest BCUT2D eigenvalue weighted by Gasteiger charge is -2.46. The maximum absolute atomic E-state index is 12.9. The van der Waals surface area contributed by atoms with Gasteiger partial charge in [-0.25, -0.2) is 0 Å². The van der Waals surface area contributed by atoms with Crippen molar-refractivity contribution >= 4 is 11.8 Å². The monoisotopic (exact) mass is 370 g/mol. The van der Waals surface area contributed by atoms with Crippen molar-refractivity contribution in [2.75, 3.05) is 39.3 Å². The maximum Gasteiger partial charge on any atom is 0.253 e. The Kier molecular flexibility index (Phi) is 4.70. The summed E-state index contributed by atoms with van der Waals surface area (Å²) >= 11 is 0. The van der Waals surface area contributed by atoms with Gasteiger partial charge < -0.3 is 15.1 Å². The highest BCUT2D eigenvalue weighted by Gasteiger charge is 2.63. The van der Waals surface area contributed by atoms with Crippen LogP contribution in [0.2, 0.25) is 0 Å². The summed E-state index contributed by atoms with van der Waals surface area (Å²) in [7, 11) is 0. The van der Waals surface area contributed by atoms with Crippen LogP contribution in [0.3, 0.4) is 0 Å². The molecule has 2 amide bonds. The molecule has 1 unspecified atom stereocenters. The summed E-state index contributed by atoms with van der Waals surface area (Å²) in [4.78, 5) is 34.2. The van der Waals surface area contributed by atoms with Gasteiger partial charge in [-0.2, -0.15) is 0 Å². The molecule has 2 spiro atoms. The summed E-state index contributed by atoms with van der Waals surface area (Å²) in [5.74, 6) is 0.909. The topological polar surface area (TPSA) is 65.5 Å². The fraction of sp³-hybridized carbons (Fsp3) is 0.667. The van der Waals surface area contributed by atoms with Gasteiger partial charge >= 0.3 is 0 Å². The van der Waals surface area contributed by atoms with E-state index in [-0.39, 0.29) is 22.6 Å². The first kappa shape index (κ1) is 18.4. The molecule has 3 saturated heterocycles. The lowest BCUT2D eigenvalue weighted by molar-refractivity contribution is -0.133. The average molecular weight is 370 g/mol. The smallest absolute Gasteiger partial charge is 0.253 e. The van der Waals surface area contributed by atoms with E-state index < -0.39 is 0 Å². The molecule has 3 aliphatic rings. The van der Waals surface area contributed by atoms with Crippen LogP contribution in [0.1, 0.15) is 43.5 Å². The number of rotatable bonds is 3. The lowest BCUT2D eigenvalue weighted by Crippen LogP contribution is -2.53. The predicted octanol–water partition coefficient (Wildman–Crippen LogP) is 1.78. The van der Waals surface area contributed by atoms with Gasteiger partial charge in [-0.1, -0.05) is 13.8 Å². The van der Waals surface area contributed by atoms with E-state index in [4.69, 9.17) is 0 Å². The van der Waals surface area contributed by atoms with Crippen molar-refractivity contribution in [1.29, 1.82) is 0 Å². The molecule has 4 heterocycles. The van der Waals surface area contributed by atoms with E-state index in [0.29, 0.717) is 11.5 Å². The van der Waals surface area contributed by atoms with Gasteiger partial charge in [-0.15, -0.1) is 0 Å². The Morgan fingerprint density at radius 2 is 1.89 bits per heavy atom. The van der Waals surface area contributed by atoms with Crippen molar-refractivity contribution in [2.24, 2.45) is 16.7 Å². The SMILES string of the molecule is CC(C)CN1CC2(CCN(C(=O)c3ccncc3)CC2)C2(CCNC2=O)C1. The predicted molar refractivity (Wildman–Crippen MR) is 103 cm³/mol. The number of carbonyl (C=O) groups excluding carboxylic acids is 2. The van der Waals surface area contributed by atoms with Crippen LogP contribution in [0.5, 0.6) is 0 Å². The summed E-state index contributed by atoms with van der Waals surface area (Å²) in [5, 5.41) is 3.10. The third-order valence-corrected chi connectivity index (χ3v) is 6.87. The Balaban J connectivity index is 1.52. The van der Waals surface area contributed by atoms with E-state index in [9.17, 15) is 9.59 Å². The molecule has 0 aliphatic carbocycles. The van der Waals surface area contributed by atoms with Crippen LogP contribution in [-0.4, -0.2) is 65.9 Å². The van der Waals surface area contributed by atoms with Crippen LogP contribution in [0.25, 0.3) is 0 Å². The quantitative estimate of drug-likeness (QED) is 0.881. The molecule has 1 aromatic rings. The molecule has 1 atom stereocenters. The summed E-state index contributed by atoms with van der Waals surface area (Å²) in [6.45, 7) is 9.61. The number of carbonyl (C=O) groups is 2. The summed E-state index contributed by atoms with van der Waals surface area (Å²) < 4.78 is 0. The fourth-order valence-corrected chi connectivity index (χ4v) is 5.61. The first-order valence-corrected chi connectivity index (χ1v) is 10.2. The van der Waals surface area contributed by atoms with Crippen LogP contribution in [-0.2, 0) is 4.79 Å². The van der Waals surface area contributed by atoms with Crippen LogP contribution in [0.4, 0.5) is 0 Å². The number of amides is 2. The van der Waals surface area contributed by atoms with E-state index >= 15 is 0 Å². The summed E-state index contributed by atoms with van der Waals surface area (Å²) in [5.41, 5.74) is 0.424. The van der Waals surface area contributed by atoms with E-state index in [1.807, 2.05) is 4.90 Å². The third kappa shape index (κ3) is 3.04. The number of nitrogens with one attached hydrogen (secondary N) is 1. The summed E-state index contributed by atoms with van der Waals surface area (Å²) in [6, 6.07) is 3.55. The van der Waals surface area contributed by atoms with Crippen LogP contribution < -0.4 is 5.32 Å². The number of pyridine rings is 1. The van der Waals surface area contributed by atoms with Crippen molar-refractivity contribution < 1.29 is 9.59 Å². The molecule has 27 heavy (non-hydrogen) atoms. The molecule has 6 nitrogen and oxygen atoms in total. The number of piperidine rings is 1. The Labute approximate surface area is 161 Å². The van der Waals surface area contributed by atoms with Crippen LogP contribution in [0, 0.1) is 16.7 Å². The standard InChI is InChI=1S/C21H30N4O2/c1-16(2)13-24-14-20(21(15-24)5-10-23-19(21)27)6-11-25(12-7-20)18(26)17-3-8-22-9-4-17/h3-4,8-9,16H,5-7,10-15H2,1-2H3,(H,23,27). The highest BCUT2D eigenvalue weighted by atomic mass is 16.2. The molecule has 6 heteroatoms. The van der Waals surface area contributed by atoms with Crippen LogP contribution >= 0.6 is 0 Å². The zero-order valence-corrected chi connectivity index (χ0v) is 16.4. The number of likely N-dealkylation sites (tertiary alicyclic amines) is 2. The number of aromatic nitrogens is 1. The molecule has 0 aromatic carbocycles. The molecule has 1 N–H and O–H groups in total. The van der Waals surface area contributed by atoms with E-state index in [2.05, 4.69) is 29.0 Å². The zero-order chi connectivity index (χ0) is 19.1. The Morgan fingerprint density at radius 3 is 2.48 bits per heavy atom. The minimum absolute atomic E-state index is 0.00248. The van der Waals surface area contributed by atoms with Gasteiger partial charge in [0.25, 0.3) is 5.91 Å². The van der Waals surface area contributed by atoms with E-state index in [0.717, 1.165) is 58.5 Å². The van der Waals surface area contributed by atoms with Crippen molar-refractivity contribution in [2.45, 2.75) is 33.1 Å². The second-order valence-electron chi connectivity index (χ2n) is 8.96. The Bertz CT molecular complexity index is 712. The van der Waals surface area contributed by atoms with E-state index in [1.165, 1.54) is 0 Å². The maximum atomic E-state index is 12.9. The van der Waals surface area contributed by atoms with Gasteiger partial charge in [0.1, 0.15) is 0 Å². The molecular formula is C21H30N4O2. The second-order valence-corrected chi connectivity index (χ2v) is 8.96. The molecule has 3 fully saturated rings. The molecular weight excluding hydrogens is 340 g/mol. The Hall–Kier alpha value is -1.95. The molecule has 146 valence electrons. The number of fused-ring (bicyclic) bond motifs is 1. The summed E-state index contributed by atoms with van der Waals surface area (Å²) in [6.07, 6.45) is 6.07. The van der Waals surface area contributed by atoms with Gasteiger partial charge in [0.15, 0.2) is 0 Å². The molecule has 4 rings (SSSR count). The van der Waals surface area contributed by atoms with Gasteiger partial charge in [0.05, 0.1) is 5.41 Å². The highest BCUT2D eigenvalue weighted by Crippen LogP contribution is 2.56. The van der Waals surface area contributed by atoms with Crippen molar-refractivity contribution in [3.63, 3.8) is 0 Å². The molecule has 0 saturated carbocycles. The van der Waals surface area contributed by atoms with Gasteiger partial charge in [0.2, 0.25) is 5.91 Å². The molecule has 3 aliphatic heterocycles. The van der Waals surface area contributed by atoms with Crippen molar-refractivity contribution in [1.82, 2.24) is 20.1 Å². The van der Waals surface area contributed by atoms with Gasteiger partial charge in [0, 0.05) is 62.6 Å². The first-order chi connectivity index (χ1) is 13.0. The zero-order valence-electron chi connectivity index (χ0n) is 16.4. The third-order valence-electron chi connectivity index (χ3n) is 6.87. The second kappa shape index (κ2) is 6.89.